The molecule has 0 N–H and O–H groups in total. The fourth-order valence-electron chi connectivity index (χ4n) is 4.26. The molecule has 6 nitrogen and oxygen atoms in total. The van der Waals surface area contributed by atoms with Crippen LogP contribution < -0.4 is 4.90 Å². The lowest BCUT2D eigenvalue weighted by Crippen LogP contribution is -2.39. The molecule has 1 aromatic heterocycles. The first-order valence-electron chi connectivity index (χ1n) is 9.23. The number of carbonyl (C=O) groups excluding carboxylic acids is 1. The largest absolute Gasteiger partial charge is 0.352 e. The fourth-order valence-corrected chi connectivity index (χ4v) is 4.26. The Morgan fingerprint density at radius 2 is 1.88 bits per heavy atom. The van der Waals surface area contributed by atoms with Crippen LogP contribution in [0.5, 0.6) is 0 Å². The molecule has 3 heterocycles. The summed E-state index contributed by atoms with van der Waals surface area (Å²) >= 11 is 0. The van der Waals surface area contributed by atoms with E-state index in [0.717, 1.165) is 37.0 Å². The minimum Gasteiger partial charge on any atom is -0.352 e. The number of para-hydroxylation sites is 2. The van der Waals surface area contributed by atoms with Gasteiger partial charge < -0.3 is 9.80 Å². The van der Waals surface area contributed by atoms with Crippen molar-refractivity contribution in [2.45, 2.75) is 32.0 Å². The van der Waals surface area contributed by atoms with Crippen LogP contribution in [0.4, 0.5) is 5.69 Å². The van der Waals surface area contributed by atoms with Gasteiger partial charge in [-0.2, -0.15) is 0 Å². The van der Waals surface area contributed by atoms with E-state index in [-0.39, 0.29) is 6.04 Å². The van der Waals surface area contributed by atoms with Crippen LogP contribution in [0.25, 0.3) is 11.0 Å². The number of anilines is 1. The number of nitrogens with zero attached hydrogens (tertiary/aromatic N) is 5. The molecule has 0 radical (unpaired) electrons. The molecule has 1 amide bonds. The first kappa shape index (κ1) is 15.4. The van der Waals surface area contributed by atoms with Crippen molar-refractivity contribution in [3.8, 4) is 0 Å². The standard InChI is InChI=1S/C20H21N5O/c26-20-10-5-12-24(20)18-11-13-23(17-8-3-1-6-15(17)18)14-25-19-9-4-2-7-16(19)21-22-25/h1-4,6-9,18H,5,10-14H2. The quantitative estimate of drug-likeness (QED) is 0.731. The smallest absolute Gasteiger partial charge is 0.223 e. The van der Waals surface area contributed by atoms with Crippen molar-refractivity contribution in [3.05, 3.63) is 54.1 Å². The Kier molecular flexibility index (Phi) is 3.62. The third-order valence-electron chi connectivity index (χ3n) is 5.52. The Balaban J connectivity index is 1.48. The van der Waals surface area contributed by atoms with Crippen molar-refractivity contribution in [2.24, 2.45) is 0 Å². The maximum Gasteiger partial charge on any atom is 0.223 e. The van der Waals surface area contributed by atoms with Crippen LogP contribution in [0.2, 0.25) is 0 Å². The van der Waals surface area contributed by atoms with Gasteiger partial charge in [0.25, 0.3) is 0 Å². The maximum atomic E-state index is 12.3. The third kappa shape index (κ3) is 2.44. The molecule has 132 valence electrons. The maximum absolute atomic E-state index is 12.3. The molecule has 0 bridgehead atoms. The van der Waals surface area contributed by atoms with Crippen molar-refractivity contribution < 1.29 is 4.79 Å². The molecule has 6 heteroatoms. The second kappa shape index (κ2) is 6.12. The highest BCUT2D eigenvalue weighted by molar-refractivity contribution is 5.79. The SMILES string of the molecule is O=C1CCCN1C1CCN(Cn2nnc3ccccc32)c2ccccc21. The van der Waals surface area contributed by atoms with Gasteiger partial charge in [0, 0.05) is 25.2 Å². The van der Waals surface area contributed by atoms with Gasteiger partial charge >= 0.3 is 0 Å². The van der Waals surface area contributed by atoms with Crippen LogP contribution in [0.15, 0.2) is 48.5 Å². The van der Waals surface area contributed by atoms with Gasteiger partial charge in [0.2, 0.25) is 5.91 Å². The van der Waals surface area contributed by atoms with Crippen LogP contribution in [-0.4, -0.2) is 38.9 Å². The van der Waals surface area contributed by atoms with E-state index in [1.165, 1.54) is 11.3 Å². The predicted molar refractivity (Wildman–Crippen MR) is 99.6 cm³/mol. The zero-order chi connectivity index (χ0) is 17.5. The Hall–Kier alpha value is -2.89. The number of hydrogen-bond acceptors (Lipinski definition) is 4. The molecule has 0 spiro atoms. The second-order valence-electron chi connectivity index (χ2n) is 7.04. The van der Waals surface area contributed by atoms with Crippen molar-refractivity contribution in [2.75, 3.05) is 18.0 Å². The van der Waals surface area contributed by atoms with Gasteiger partial charge in [-0.25, -0.2) is 4.68 Å². The van der Waals surface area contributed by atoms with Gasteiger partial charge in [0.15, 0.2) is 0 Å². The first-order chi connectivity index (χ1) is 12.8. The summed E-state index contributed by atoms with van der Waals surface area (Å²) in [7, 11) is 0. The Labute approximate surface area is 152 Å². The number of aromatic nitrogens is 3. The minimum atomic E-state index is 0.199. The molecule has 0 saturated carbocycles. The highest BCUT2D eigenvalue weighted by atomic mass is 16.2. The molecule has 26 heavy (non-hydrogen) atoms. The topological polar surface area (TPSA) is 54.3 Å². The molecule has 5 rings (SSSR count). The van der Waals surface area contributed by atoms with E-state index in [9.17, 15) is 4.79 Å². The van der Waals surface area contributed by atoms with Crippen LogP contribution in [0.3, 0.4) is 0 Å². The van der Waals surface area contributed by atoms with Crippen molar-refractivity contribution in [3.63, 3.8) is 0 Å². The van der Waals surface area contributed by atoms with Crippen molar-refractivity contribution >= 4 is 22.6 Å². The molecular weight excluding hydrogens is 326 g/mol. The summed E-state index contributed by atoms with van der Waals surface area (Å²) in [5.41, 5.74) is 4.40. The van der Waals surface area contributed by atoms with E-state index >= 15 is 0 Å². The zero-order valence-corrected chi connectivity index (χ0v) is 14.6. The van der Waals surface area contributed by atoms with Crippen LogP contribution >= 0.6 is 0 Å². The van der Waals surface area contributed by atoms with Crippen molar-refractivity contribution in [1.29, 1.82) is 0 Å². The van der Waals surface area contributed by atoms with Crippen LogP contribution in [0, 0.1) is 0 Å². The summed E-state index contributed by atoms with van der Waals surface area (Å²) in [6.07, 6.45) is 2.62. The van der Waals surface area contributed by atoms with Crippen LogP contribution in [-0.2, 0) is 11.5 Å². The molecule has 2 aliphatic heterocycles. The van der Waals surface area contributed by atoms with E-state index in [1.54, 1.807) is 0 Å². The molecular formula is C20H21N5O. The normalized spacial score (nSPS) is 20.0. The molecule has 1 saturated heterocycles. The number of carbonyl (C=O) groups is 1. The number of likely N-dealkylation sites (tertiary alicyclic amines) is 1. The Morgan fingerprint density at radius 3 is 2.77 bits per heavy atom. The summed E-state index contributed by atoms with van der Waals surface area (Å²) in [4.78, 5) is 16.7. The molecule has 1 atom stereocenters. The van der Waals surface area contributed by atoms with Crippen LogP contribution in [0.1, 0.15) is 30.9 Å². The third-order valence-corrected chi connectivity index (χ3v) is 5.52. The number of fused-ring (bicyclic) bond motifs is 2. The Morgan fingerprint density at radius 1 is 1.04 bits per heavy atom. The average Bonchev–Trinajstić information content (AvgIpc) is 3.29. The summed E-state index contributed by atoms with van der Waals surface area (Å²) in [6.45, 7) is 2.45. The van der Waals surface area contributed by atoms with E-state index in [0.29, 0.717) is 19.0 Å². The minimum absolute atomic E-state index is 0.199. The Bertz CT molecular complexity index is 965. The summed E-state index contributed by atoms with van der Waals surface area (Å²) < 4.78 is 1.95. The molecule has 2 aromatic carbocycles. The average molecular weight is 347 g/mol. The van der Waals surface area contributed by atoms with Gasteiger partial charge in [-0.05, 0) is 36.6 Å². The highest BCUT2D eigenvalue weighted by Crippen LogP contribution is 2.39. The van der Waals surface area contributed by atoms with E-state index < -0.39 is 0 Å². The predicted octanol–water partition coefficient (Wildman–Crippen LogP) is 2.96. The lowest BCUT2D eigenvalue weighted by Gasteiger charge is -2.39. The number of benzene rings is 2. The van der Waals surface area contributed by atoms with Gasteiger partial charge in [0.1, 0.15) is 12.2 Å². The number of hydrogen-bond donors (Lipinski definition) is 0. The zero-order valence-electron chi connectivity index (χ0n) is 14.6. The molecule has 1 fully saturated rings. The fraction of sp³-hybridized carbons (Fsp3) is 0.350. The summed E-state index contributed by atoms with van der Waals surface area (Å²) in [5.74, 6) is 0.292. The first-order valence-corrected chi connectivity index (χ1v) is 9.23. The lowest BCUT2D eigenvalue weighted by atomic mass is 9.95. The van der Waals surface area contributed by atoms with Gasteiger partial charge in [0.05, 0.1) is 11.6 Å². The molecule has 0 aliphatic carbocycles. The van der Waals surface area contributed by atoms with E-state index in [4.69, 9.17) is 0 Å². The molecule has 1 unspecified atom stereocenters. The van der Waals surface area contributed by atoms with Gasteiger partial charge in [-0.15, -0.1) is 5.10 Å². The monoisotopic (exact) mass is 347 g/mol. The second-order valence-corrected chi connectivity index (χ2v) is 7.04. The molecule has 3 aromatic rings. The number of rotatable bonds is 3. The lowest BCUT2D eigenvalue weighted by molar-refractivity contribution is -0.130. The van der Waals surface area contributed by atoms with E-state index in [1.807, 2.05) is 22.9 Å². The highest BCUT2D eigenvalue weighted by Gasteiger charge is 2.34. The van der Waals surface area contributed by atoms with E-state index in [2.05, 4.69) is 50.4 Å². The molecule has 2 aliphatic rings. The number of amides is 1. The summed E-state index contributed by atoms with van der Waals surface area (Å²) in [6, 6.07) is 16.7. The van der Waals surface area contributed by atoms with Gasteiger partial charge in [-0.3, -0.25) is 4.79 Å². The van der Waals surface area contributed by atoms with Crippen molar-refractivity contribution in [1.82, 2.24) is 19.9 Å². The summed E-state index contributed by atoms with van der Waals surface area (Å²) in [5, 5.41) is 8.59. The van der Waals surface area contributed by atoms with Gasteiger partial charge in [-0.1, -0.05) is 35.5 Å².